The number of aromatic nitrogens is 2. The van der Waals surface area contributed by atoms with E-state index >= 15 is 0 Å². The average Bonchev–Trinajstić information content (AvgIpc) is 3.47. The Morgan fingerprint density at radius 3 is 2.45 bits per heavy atom. The number of nitrogens with one attached hydrogen (secondary N) is 1. The Morgan fingerprint density at radius 2 is 1.70 bits per heavy atom. The number of sulfonamides is 1. The van der Waals surface area contributed by atoms with Crippen LogP contribution in [0.15, 0.2) is 77.7 Å². The summed E-state index contributed by atoms with van der Waals surface area (Å²) in [4.78, 5) is 17.7. The van der Waals surface area contributed by atoms with Gasteiger partial charge < -0.3 is 5.32 Å². The van der Waals surface area contributed by atoms with Crippen LogP contribution in [0.5, 0.6) is 0 Å². The Balaban J connectivity index is 1.41. The first-order valence-corrected chi connectivity index (χ1v) is 12.3. The number of anilines is 1. The van der Waals surface area contributed by atoms with E-state index in [1.165, 1.54) is 16.4 Å². The first-order valence-electron chi connectivity index (χ1n) is 10.9. The predicted octanol–water partition coefficient (Wildman–Crippen LogP) is 4.37. The maximum atomic E-state index is 12.9. The molecule has 1 aromatic heterocycles. The van der Waals surface area contributed by atoms with Crippen molar-refractivity contribution in [2.75, 3.05) is 18.4 Å². The monoisotopic (exact) mass is 460 g/mol. The number of nitrogens with zero attached hydrogens (tertiary/aromatic N) is 3. The molecule has 1 saturated heterocycles. The summed E-state index contributed by atoms with van der Waals surface area (Å²) in [6.07, 6.45) is 1.72. The Kier molecular flexibility index (Phi) is 5.47. The highest BCUT2D eigenvalue weighted by Crippen LogP contribution is 2.25. The van der Waals surface area contributed by atoms with Crippen LogP contribution in [0.25, 0.3) is 16.7 Å². The van der Waals surface area contributed by atoms with Crippen LogP contribution in [0.3, 0.4) is 0 Å². The molecule has 3 aromatic carbocycles. The van der Waals surface area contributed by atoms with E-state index in [4.69, 9.17) is 0 Å². The molecule has 7 nitrogen and oxygen atoms in total. The second-order valence-corrected chi connectivity index (χ2v) is 10.1. The smallest absolute Gasteiger partial charge is 0.255 e. The molecule has 33 heavy (non-hydrogen) atoms. The van der Waals surface area contributed by atoms with Crippen molar-refractivity contribution in [3.05, 3.63) is 84.2 Å². The summed E-state index contributed by atoms with van der Waals surface area (Å²) in [5.41, 5.74) is 3.61. The predicted molar refractivity (Wildman–Crippen MR) is 128 cm³/mol. The van der Waals surface area contributed by atoms with Gasteiger partial charge in [0.05, 0.1) is 15.9 Å². The summed E-state index contributed by atoms with van der Waals surface area (Å²) < 4.78 is 29.2. The van der Waals surface area contributed by atoms with Crippen molar-refractivity contribution < 1.29 is 13.2 Å². The molecule has 168 valence electrons. The molecule has 0 saturated carbocycles. The van der Waals surface area contributed by atoms with Crippen LogP contribution in [0.1, 0.15) is 29.0 Å². The number of rotatable bonds is 5. The lowest BCUT2D eigenvalue weighted by atomic mass is 10.2. The van der Waals surface area contributed by atoms with Crippen molar-refractivity contribution in [2.45, 2.75) is 24.7 Å². The molecule has 0 unspecified atom stereocenters. The number of amides is 1. The van der Waals surface area contributed by atoms with Crippen LogP contribution >= 0.6 is 0 Å². The van der Waals surface area contributed by atoms with Crippen LogP contribution in [-0.4, -0.2) is 41.3 Å². The van der Waals surface area contributed by atoms with E-state index in [2.05, 4.69) is 14.9 Å². The van der Waals surface area contributed by atoms with Crippen LogP contribution in [0.4, 0.5) is 5.69 Å². The quantitative estimate of drug-likeness (QED) is 0.479. The lowest BCUT2D eigenvalue weighted by Crippen LogP contribution is -2.28. The minimum absolute atomic E-state index is 0.143. The van der Waals surface area contributed by atoms with Gasteiger partial charge in [-0.25, -0.2) is 13.4 Å². The SMILES string of the molecule is Cc1nc2cc(NC(=O)c3cccc(S(=O)(=O)N4CCCC4)c3)ccc2n1-c1ccccc1. The number of aryl methyl sites for hydroxylation is 1. The molecule has 1 aliphatic rings. The van der Waals surface area contributed by atoms with Crippen molar-refractivity contribution in [3.8, 4) is 5.69 Å². The maximum absolute atomic E-state index is 12.9. The zero-order valence-electron chi connectivity index (χ0n) is 18.2. The fraction of sp³-hybridized carbons (Fsp3) is 0.200. The first-order chi connectivity index (χ1) is 15.9. The Labute approximate surface area is 192 Å². The molecular formula is C25H24N4O3S. The third-order valence-electron chi connectivity index (χ3n) is 5.89. The third kappa shape index (κ3) is 4.03. The van der Waals surface area contributed by atoms with E-state index in [-0.39, 0.29) is 10.8 Å². The molecule has 4 aromatic rings. The number of benzene rings is 3. The standard InChI is InChI=1S/C25H24N4O3S/c1-18-26-23-17-20(12-13-24(23)29(18)21-9-3-2-4-10-21)27-25(30)19-8-7-11-22(16-19)33(31,32)28-14-5-6-15-28/h2-4,7-13,16-17H,5-6,14-15H2,1H3,(H,27,30). The Bertz CT molecular complexity index is 1440. The summed E-state index contributed by atoms with van der Waals surface area (Å²) in [6, 6.07) is 21.7. The van der Waals surface area contributed by atoms with Crippen LogP contribution in [0, 0.1) is 6.92 Å². The number of para-hydroxylation sites is 1. The second-order valence-electron chi connectivity index (χ2n) is 8.13. The fourth-order valence-corrected chi connectivity index (χ4v) is 5.82. The highest BCUT2D eigenvalue weighted by Gasteiger charge is 2.27. The van der Waals surface area contributed by atoms with E-state index in [1.807, 2.05) is 55.5 Å². The molecule has 2 heterocycles. The number of fused-ring (bicyclic) bond motifs is 1. The highest BCUT2D eigenvalue weighted by molar-refractivity contribution is 7.89. The van der Waals surface area contributed by atoms with E-state index in [0.29, 0.717) is 24.3 Å². The normalized spacial score (nSPS) is 14.6. The molecule has 0 radical (unpaired) electrons. The van der Waals surface area contributed by atoms with Crippen LogP contribution in [0.2, 0.25) is 0 Å². The fourth-order valence-electron chi connectivity index (χ4n) is 4.26. The van der Waals surface area contributed by atoms with Crippen molar-refractivity contribution >= 4 is 32.7 Å². The van der Waals surface area contributed by atoms with Crippen molar-refractivity contribution in [3.63, 3.8) is 0 Å². The van der Waals surface area contributed by atoms with Gasteiger partial charge in [0.2, 0.25) is 10.0 Å². The molecule has 1 aliphatic heterocycles. The second kappa shape index (κ2) is 8.46. The van der Waals surface area contributed by atoms with Gasteiger partial charge in [-0.3, -0.25) is 9.36 Å². The molecule has 1 N–H and O–H groups in total. The van der Waals surface area contributed by atoms with Gasteiger partial charge in [0.25, 0.3) is 5.91 Å². The molecule has 0 bridgehead atoms. The van der Waals surface area contributed by atoms with Gasteiger partial charge >= 0.3 is 0 Å². The lowest BCUT2D eigenvalue weighted by Gasteiger charge is -2.16. The van der Waals surface area contributed by atoms with Crippen molar-refractivity contribution in [1.82, 2.24) is 13.9 Å². The number of imidazole rings is 1. The number of hydrogen-bond acceptors (Lipinski definition) is 4. The minimum atomic E-state index is -3.58. The molecule has 5 rings (SSSR count). The van der Waals surface area contributed by atoms with E-state index in [0.717, 1.165) is 35.4 Å². The van der Waals surface area contributed by atoms with Gasteiger partial charge in [-0.05, 0) is 68.3 Å². The summed E-state index contributed by atoms with van der Waals surface area (Å²) in [5, 5.41) is 2.87. The topological polar surface area (TPSA) is 84.3 Å². The van der Waals surface area contributed by atoms with Gasteiger partial charge in [-0.2, -0.15) is 4.31 Å². The highest BCUT2D eigenvalue weighted by atomic mass is 32.2. The molecular weight excluding hydrogens is 436 g/mol. The lowest BCUT2D eigenvalue weighted by molar-refractivity contribution is 0.102. The number of carbonyl (C=O) groups excluding carboxylic acids is 1. The van der Waals surface area contributed by atoms with E-state index in [1.54, 1.807) is 12.1 Å². The van der Waals surface area contributed by atoms with Gasteiger partial charge in [-0.1, -0.05) is 24.3 Å². The van der Waals surface area contributed by atoms with Gasteiger partial charge in [-0.15, -0.1) is 0 Å². The molecule has 1 amide bonds. The number of hydrogen-bond donors (Lipinski definition) is 1. The van der Waals surface area contributed by atoms with E-state index < -0.39 is 10.0 Å². The summed E-state index contributed by atoms with van der Waals surface area (Å²) in [5.74, 6) is 0.478. The van der Waals surface area contributed by atoms with Crippen molar-refractivity contribution in [2.24, 2.45) is 0 Å². The molecule has 0 atom stereocenters. The van der Waals surface area contributed by atoms with E-state index in [9.17, 15) is 13.2 Å². The van der Waals surface area contributed by atoms with Crippen molar-refractivity contribution in [1.29, 1.82) is 0 Å². The van der Waals surface area contributed by atoms with Crippen LogP contribution in [-0.2, 0) is 10.0 Å². The molecule has 0 aliphatic carbocycles. The zero-order valence-corrected chi connectivity index (χ0v) is 19.0. The molecule has 0 spiro atoms. The minimum Gasteiger partial charge on any atom is -0.322 e. The first kappa shape index (κ1) is 21.4. The van der Waals surface area contributed by atoms with Gasteiger partial charge in [0.1, 0.15) is 5.82 Å². The Hall–Kier alpha value is -3.49. The van der Waals surface area contributed by atoms with Crippen LogP contribution < -0.4 is 5.32 Å². The summed E-state index contributed by atoms with van der Waals surface area (Å²) >= 11 is 0. The average molecular weight is 461 g/mol. The Morgan fingerprint density at radius 1 is 0.939 bits per heavy atom. The largest absolute Gasteiger partial charge is 0.322 e. The molecule has 8 heteroatoms. The zero-order chi connectivity index (χ0) is 23.0. The number of carbonyl (C=O) groups is 1. The molecule has 1 fully saturated rings. The third-order valence-corrected chi connectivity index (χ3v) is 7.79. The van der Waals surface area contributed by atoms with Gasteiger partial charge in [0, 0.05) is 30.0 Å². The maximum Gasteiger partial charge on any atom is 0.255 e. The summed E-state index contributed by atoms with van der Waals surface area (Å²) in [6.45, 7) is 2.99. The summed E-state index contributed by atoms with van der Waals surface area (Å²) in [7, 11) is -3.58. The van der Waals surface area contributed by atoms with Gasteiger partial charge in [0.15, 0.2) is 0 Å².